The van der Waals surface area contributed by atoms with E-state index in [-0.39, 0.29) is 0 Å². The topological polar surface area (TPSA) is 15.3 Å². The van der Waals surface area contributed by atoms with Crippen LogP contribution in [-0.4, -0.2) is 24.8 Å². The number of rotatable bonds is 1. The Kier molecular flexibility index (Phi) is 1.54. The summed E-state index contributed by atoms with van der Waals surface area (Å²) in [5.41, 5.74) is 0. The molecule has 0 radical (unpaired) electrons. The third-order valence-electron chi connectivity index (χ3n) is 1.66. The van der Waals surface area contributed by atoms with Gasteiger partial charge in [-0.2, -0.15) is 0 Å². The summed E-state index contributed by atoms with van der Waals surface area (Å²) in [7, 11) is 2.14. The molecule has 48 valence electrons. The molecule has 1 aliphatic heterocycles. The van der Waals surface area contributed by atoms with E-state index in [1.165, 1.54) is 0 Å². The molecule has 8 heavy (non-hydrogen) atoms. The van der Waals surface area contributed by atoms with Crippen molar-refractivity contribution < 1.29 is 0 Å². The van der Waals surface area contributed by atoms with Gasteiger partial charge in [0.25, 0.3) is 0 Å². The van der Waals surface area contributed by atoms with Crippen LogP contribution < -0.4 is 5.32 Å². The number of nitrogens with one attached hydrogen (secondary N) is 1. The normalized spacial score (nSPS) is 30.8. The van der Waals surface area contributed by atoms with Crippen LogP contribution in [0, 0.1) is 5.92 Å². The van der Waals surface area contributed by atoms with Crippen molar-refractivity contribution >= 4 is 0 Å². The second kappa shape index (κ2) is 2.03. The Labute approximate surface area is 50.9 Å². The molecule has 0 spiro atoms. The maximum Gasteiger partial charge on any atom is 0.0638 e. The highest BCUT2D eigenvalue weighted by Crippen LogP contribution is 2.10. The van der Waals surface area contributed by atoms with Crippen molar-refractivity contribution in [1.82, 2.24) is 10.2 Å². The van der Waals surface area contributed by atoms with Gasteiger partial charge in [-0.1, -0.05) is 13.8 Å². The predicted octanol–water partition coefficient (Wildman–Crippen LogP) is 0.461. The molecule has 2 nitrogen and oxygen atoms in total. The Morgan fingerprint density at radius 3 is 2.25 bits per heavy atom. The Hall–Kier alpha value is -0.0800. The van der Waals surface area contributed by atoms with Crippen molar-refractivity contribution in [1.29, 1.82) is 0 Å². The van der Waals surface area contributed by atoms with E-state index in [0.717, 1.165) is 12.6 Å². The van der Waals surface area contributed by atoms with Crippen molar-refractivity contribution in [3.63, 3.8) is 0 Å². The number of hydrogen-bond donors (Lipinski definition) is 1. The molecule has 0 aromatic rings. The van der Waals surface area contributed by atoms with Gasteiger partial charge >= 0.3 is 0 Å². The molecule has 1 fully saturated rings. The van der Waals surface area contributed by atoms with Gasteiger partial charge in [0.1, 0.15) is 0 Å². The number of nitrogens with zero attached hydrogens (tertiary/aromatic N) is 1. The van der Waals surface area contributed by atoms with Crippen molar-refractivity contribution in [2.75, 3.05) is 13.7 Å². The van der Waals surface area contributed by atoms with E-state index >= 15 is 0 Å². The van der Waals surface area contributed by atoms with Crippen LogP contribution in [0.25, 0.3) is 0 Å². The lowest BCUT2D eigenvalue weighted by Gasteiger charge is -2.41. The Balaban J connectivity index is 2.26. The molecule has 1 heterocycles. The van der Waals surface area contributed by atoms with Crippen molar-refractivity contribution in [3.05, 3.63) is 0 Å². The molecule has 0 aromatic heterocycles. The first-order chi connectivity index (χ1) is 3.72. The standard InChI is InChI=1S/C6H14N2/c1-5(2)6-7-4-8(6)3/h5-7H,4H2,1-3H3. The second-order valence-corrected chi connectivity index (χ2v) is 2.81. The second-order valence-electron chi connectivity index (χ2n) is 2.81. The molecule has 1 N–H and O–H groups in total. The largest absolute Gasteiger partial charge is 0.289 e. The van der Waals surface area contributed by atoms with Gasteiger partial charge in [0.05, 0.1) is 12.8 Å². The van der Waals surface area contributed by atoms with Crippen LogP contribution >= 0.6 is 0 Å². The van der Waals surface area contributed by atoms with Crippen LogP contribution in [0.15, 0.2) is 0 Å². The summed E-state index contributed by atoms with van der Waals surface area (Å²) in [5, 5.41) is 3.32. The molecule has 1 saturated heterocycles. The molecule has 0 bridgehead atoms. The highest BCUT2D eigenvalue weighted by Gasteiger charge is 2.25. The Bertz CT molecular complexity index is 75.8. The molecule has 1 aliphatic rings. The van der Waals surface area contributed by atoms with Crippen molar-refractivity contribution in [2.45, 2.75) is 20.0 Å². The van der Waals surface area contributed by atoms with Gasteiger partial charge in [-0.15, -0.1) is 0 Å². The fourth-order valence-electron chi connectivity index (χ4n) is 1.12. The zero-order valence-corrected chi connectivity index (χ0v) is 5.81. The molecule has 0 aromatic carbocycles. The third kappa shape index (κ3) is 0.858. The molecule has 0 saturated carbocycles. The lowest BCUT2D eigenvalue weighted by atomic mass is 10.1. The average Bonchev–Trinajstić information content (AvgIpc) is 1.61. The van der Waals surface area contributed by atoms with Crippen LogP contribution in [0.4, 0.5) is 0 Å². The molecular weight excluding hydrogens is 100 g/mol. The lowest BCUT2D eigenvalue weighted by molar-refractivity contribution is 0.0430. The smallest absolute Gasteiger partial charge is 0.0638 e. The summed E-state index contributed by atoms with van der Waals surface area (Å²) in [6.45, 7) is 5.52. The number of hydrogen-bond acceptors (Lipinski definition) is 2. The summed E-state index contributed by atoms with van der Waals surface area (Å²) >= 11 is 0. The first kappa shape index (κ1) is 6.05. The maximum absolute atomic E-state index is 3.32. The van der Waals surface area contributed by atoms with Gasteiger partial charge in [-0.3, -0.25) is 10.2 Å². The van der Waals surface area contributed by atoms with Gasteiger partial charge < -0.3 is 0 Å². The van der Waals surface area contributed by atoms with E-state index in [4.69, 9.17) is 0 Å². The van der Waals surface area contributed by atoms with Crippen LogP contribution in [-0.2, 0) is 0 Å². The highest BCUT2D eigenvalue weighted by atomic mass is 15.4. The van der Waals surface area contributed by atoms with Gasteiger partial charge in [-0.25, -0.2) is 0 Å². The van der Waals surface area contributed by atoms with Crippen LogP contribution in [0.2, 0.25) is 0 Å². The van der Waals surface area contributed by atoms with Crippen LogP contribution in [0.5, 0.6) is 0 Å². The summed E-state index contributed by atoms with van der Waals surface area (Å²) in [6.07, 6.45) is 0.634. The van der Waals surface area contributed by atoms with Gasteiger partial charge in [0.2, 0.25) is 0 Å². The van der Waals surface area contributed by atoms with E-state index in [1.807, 2.05) is 0 Å². The minimum absolute atomic E-state index is 0.634. The Morgan fingerprint density at radius 1 is 1.62 bits per heavy atom. The quantitative estimate of drug-likeness (QED) is 0.533. The predicted molar refractivity (Wildman–Crippen MR) is 34.4 cm³/mol. The minimum Gasteiger partial charge on any atom is -0.289 e. The molecule has 0 amide bonds. The Morgan fingerprint density at radius 2 is 2.25 bits per heavy atom. The first-order valence-corrected chi connectivity index (χ1v) is 3.15. The lowest BCUT2D eigenvalue weighted by Crippen LogP contribution is -2.61. The van der Waals surface area contributed by atoms with Crippen LogP contribution in [0.3, 0.4) is 0 Å². The molecule has 0 aliphatic carbocycles. The maximum atomic E-state index is 3.32. The van der Waals surface area contributed by atoms with E-state index < -0.39 is 0 Å². The zero-order valence-electron chi connectivity index (χ0n) is 5.81. The van der Waals surface area contributed by atoms with Crippen LogP contribution in [0.1, 0.15) is 13.8 Å². The summed E-state index contributed by atoms with van der Waals surface area (Å²) in [4.78, 5) is 2.31. The molecular formula is C6H14N2. The van der Waals surface area contributed by atoms with E-state index in [1.54, 1.807) is 0 Å². The van der Waals surface area contributed by atoms with Crippen molar-refractivity contribution in [2.24, 2.45) is 5.92 Å². The van der Waals surface area contributed by atoms with E-state index in [9.17, 15) is 0 Å². The fourth-order valence-corrected chi connectivity index (χ4v) is 1.12. The highest BCUT2D eigenvalue weighted by molar-refractivity contribution is 4.76. The summed E-state index contributed by atoms with van der Waals surface area (Å²) in [6, 6.07) is 0. The molecule has 1 rings (SSSR count). The van der Waals surface area contributed by atoms with E-state index in [2.05, 4.69) is 31.1 Å². The fraction of sp³-hybridized carbons (Fsp3) is 1.00. The van der Waals surface area contributed by atoms with Gasteiger partial charge in [-0.05, 0) is 13.0 Å². The summed E-state index contributed by atoms with van der Waals surface area (Å²) in [5.74, 6) is 0.744. The summed E-state index contributed by atoms with van der Waals surface area (Å²) < 4.78 is 0. The monoisotopic (exact) mass is 114 g/mol. The zero-order chi connectivity index (χ0) is 6.15. The average molecular weight is 114 g/mol. The SMILES string of the molecule is CC(C)C1NCN1C. The molecule has 1 unspecified atom stereocenters. The minimum atomic E-state index is 0.634. The third-order valence-corrected chi connectivity index (χ3v) is 1.66. The van der Waals surface area contributed by atoms with Crippen molar-refractivity contribution in [3.8, 4) is 0 Å². The molecule has 2 heteroatoms. The van der Waals surface area contributed by atoms with Gasteiger partial charge in [0.15, 0.2) is 0 Å². The van der Waals surface area contributed by atoms with E-state index in [0.29, 0.717) is 6.17 Å². The molecule has 1 atom stereocenters. The first-order valence-electron chi connectivity index (χ1n) is 3.15. The van der Waals surface area contributed by atoms with Gasteiger partial charge in [0, 0.05) is 0 Å².